The van der Waals surface area contributed by atoms with Crippen molar-refractivity contribution in [3.8, 4) is 17.0 Å². The summed E-state index contributed by atoms with van der Waals surface area (Å²) in [6.07, 6.45) is 7.50. The number of hydrogen-bond acceptors (Lipinski definition) is 8. The molecule has 0 radical (unpaired) electrons. The summed E-state index contributed by atoms with van der Waals surface area (Å²) in [5, 5.41) is 23.4. The highest BCUT2D eigenvalue weighted by Crippen LogP contribution is 2.45. The van der Waals surface area contributed by atoms with Crippen molar-refractivity contribution in [3.05, 3.63) is 84.8 Å². The van der Waals surface area contributed by atoms with Gasteiger partial charge >= 0.3 is 0 Å². The van der Waals surface area contributed by atoms with Gasteiger partial charge in [-0.05, 0) is 68.0 Å². The van der Waals surface area contributed by atoms with Crippen LogP contribution >= 0.6 is 0 Å². The number of carbonyl (C=O) groups excluding carboxylic acids is 1. The molecule has 1 amide bonds. The summed E-state index contributed by atoms with van der Waals surface area (Å²) in [6, 6.07) is 22.0. The normalized spacial score (nSPS) is 21.0. The van der Waals surface area contributed by atoms with Gasteiger partial charge in [0.2, 0.25) is 5.91 Å². The van der Waals surface area contributed by atoms with E-state index in [-0.39, 0.29) is 17.1 Å². The van der Waals surface area contributed by atoms with E-state index in [2.05, 4.69) is 65.2 Å². The number of phenolic OH excluding ortho intramolecular Hbond substituents is 1. The van der Waals surface area contributed by atoms with Crippen molar-refractivity contribution in [1.82, 2.24) is 29.8 Å². The van der Waals surface area contributed by atoms with Crippen LogP contribution in [0.3, 0.4) is 0 Å². The van der Waals surface area contributed by atoms with Crippen LogP contribution in [0.15, 0.2) is 79.1 Å². The molecule has 4 saturated heterocycles. The first kappa shape index (κ1) is 29.9. The average molecular weight is 633 g/mol. The number of nitrogens with zero attached hydrogens (tertiary/aromatic N) is 8. The molecule has 0 aliphatic carbocycles. The van der Waals surface area contributed by atoms with Crippen LogP contribution < -0.4 is 9.80 Å². The number of likely N-dealkylation sites (tertiary alicyclic amines) is 2. The minimum atomic E-state index is -0.597. The van der Waals surface area contributed by atoms with Crippen molar-refractivity contribution in [2.24, 2.45) is 18.4 Å². The van der Waals surface area contributed by atoms with Gasteiger partial charge in [-0.25, -0.2) is 0 Å². The molecule has 10 nitrogen and oxygen atoms in total. The highest BCUT2D eigenvalue weighted by atomic mass is 16.3. The molecule has 10 heteroatoms. The fraction of sp³-hybridized carbons (Fsp3) is 0.459. The van der Waals surface area contributed by atoms with E-state index in [1.807, 2.05) is 42.2 Å². The molecule has 4 aliphatic rings. The number of anilines is 2. The van der Waals surface area contributed by atoms with Gasteiger partial charge in [0.15, 0.2) is 0 Å². The molecule has 0 saturated carbocycles. The Bertz CT molecular complexity index is 1710. The van der Waals surface area contributed by atoms with Crippen molar-refractivity contribution in [2.45, 2.75) is 31.1 Å². The lowest BCUT2D eigenvalue weighted by atomic mass is 9.68. The molecule has 47 heavy (non-hydrogen) atoms. The number of rotatable bonds is 7. The predicted octanol–water partition coefficient (Wildman–Crippen LogP) is 4.18. The third kappa shape index (κ3) is 5.52. The molecule has 2 aromatic heterocycles. The summed E-state index contributed by atoms with van der Waals surface area (Å²) in [6.45, 7) is 8.83. The molecule has 1 spiro atoms. The fourth-order valence-electron chi connectivity index (χ4n) is 8.74. The zero-order valence-electron chi connectivity index (χ0n) is 27.2. The van der Waals surface area contributed by atoms with Gasteiger partial charge in [0.1, 0.15) is 5.75 Å². The number of carbonyl (C=O) groups is 1. The monoisotopic (exact) mass is 632 g/mol. The van der Waals surface area contributed by atoms with Crippen LogP contribution in [-0.2, 0) is 17.3 Å². The molecule has 1 N–H and O–H groups in total. The molecule has 0 atom stereocenters. The Balaban J connectivity index is 0.884. The van der Waals surface area contributed by atoms with E-state index < -0.39 is 5.41 Å². The summed E-state index contributed by atoms with van der Waals surface area (Å²) >= 11 is 0. The Hall–Kier alpha value is -4.44. The zero-order valence-corrected chi connectivity index (χ0v) is 27.2. The SMILES string of the molecule is Cn1nccc1C1(C(=O)N2CC3(CN(CC4CCN(c5ccccc5)CC4)C3)C2)CCN(c2cnnc(-c3ccccc3O)c2)CC1. The molecule has 244 valence electrons. The Morgan fingerprint density at radius 2 is 1.57 bits per heavy atom. The second kappa shape index (κ2) is 12.0. The van der Waals surface area contributed by atoms with Gasteiger partial charge in [-0.15, -0.1) is 0 Å². The maximum Gasteiger partial charge on any atom is 0.234 e. The molecular weight excluding hydrogens is 588 g/mol. The second-order valence-electron chi connectivity index (χ2n) is 14.3. The molecular formula is C37H44N8O2. The number of para-hydroxylation sites is 2. The number of piperidine rings is 2. The Morgan fingerprint density at radius 3 is 2.28 bits per heavy atom. The smallest absolute Gasteiger partial charge is 0.234 e. The van der Waals surface area contributed by atoms with Crippen LogP contribution in [-0.4, -0.2) is 99.7 Å². The van der Waals surface area contributed by atoms with Gasteiger partial charge in [-0.1, -0.05) is 30.3 Å². The maximum absolute atomic E-state index is 14.4. The van der Waals surface area contributed by atoms with Crippen molar-refractivity contribution in [2.75, 3.05) is 68.7 Å². The number of hydrogen-bond donors (Lipinski definition) is 1. The summed E-state index contributed by atoms with van der Waals surface area (Å²) in [5.41, 5.74) is 4.26. The largest absolute Gasteiger partial charge is 0.507 e. The lowest BCUT2D eigenvalue weighted by molar-refractivity contribution is -0.167. The summed E-state index contributed by atoms with van der Waals surface area (Å²) in [7, 11) is 1.95. The number of aryl methyl sites for hydroxylation is 1. The van der Waals surface area contributed by atoms with Gasteiger partial charge < -0.3 is 24.7 Å². The first-order chi connectivity index (χ1) is 22.9. The van der Waals surface area contributed by atoms with Crippen molar-refractivity contribution >= 4 is 17.3 Å². The van der Waals surface area contributed by atoms with Crippen LogP contribution in [0.1, 0.15) is 31.4 Å². The average Bonchev–Trinajstić information content (AvgIpc) is 3.52. The van der Waals surface area contributed by atoms with Crippen LogP contribution in [0.2, 0.25) is 0 Å². The first-order valence-electron chi connectivity index (χ1n) is 17.1. The Kier molecular flexibility index (Phi) is 7.63. The van der Waals surface area contributed by atoms with Gasteiger partial charge in [0.25, 0.3) is 0 Å². The molecule has 4 fully saturated rings. The molecule has 8 rings (SSSR count). The third-order valence-corrected chi connectivity index (χ3v) is 11.2. The number of aromatic nitrogens is 4. The minimum absolute atomic E-state index is 0.185. The number of phenols is 1. The van der Waals surface area contributed by atoms with Crippen molar-refractivity contribution in [3.63, 3.8) is 0 Å². The molecule has 4 aliphatic heterocycles. The van der Waals surface area contributed by atoms with E-state index in [9.17, 15) is 9.90 Å². The third-order valence-electron chi connectivity index (χ3n) is 11.2. The van der Waals surface area contributed by atoms with Gasteiger partial charge in [0, 0.05) is 88.8 Å². The topological polar surface area (TPSA) is 93.9 Å². The van der Waals surface area contributed by atoms with Crippen LogP contribution in [0.4, 0.5) is 11.4 Å². The number of benzene rings is 2. The number of amides is 1. The highest BCUT2D eigenvalue weighted by Gasteiger charge is 2.57. The van der Waals surface area contributed by atoms with Gasteiger partial charge in [-0.3, -0.25) is 9.48 Å². The summed E-state index contributed by atoms with van der Waals surface area (Å²) < 4.78 is 1.89. The lowest BCUT2D eigenvalue weighted by Crippen LogP contribution is -2.74. The Labute approximate surface area is 276 Å². The van der Waals surface area contributed by atoms with E-state index in [4.69, 9.17) is 0 Å². The standard InChI is InChI=1S/C37H44N8O2/c1-41-34(11-16-39-41)37(14-19-44(20-15-37)30-21-32(40-38-22-30)31-9-5-6-10-33(31)46)35(47)45-26-36(27-45)24-42(25-36)23-28-12-17-43(18-13-28)29-7-3-2-4-8-29/h2-11,16,21-22,28,46H,12-15,17-20,23-27H2,1H3. The molecule has 0 bridgehead atoms. The highest BCUT2D eigenvalue weighted by molar-refractivity contribution is 5.89. The molecule has 0 unspecified atom stereocenters. The molecule has 6 heterocycles. The lowest BCUT2D eigenvalue weighted by Gasteiger charge is -2.62. The van der Waals surface area contributed by atoms with E-state index in [0.29, 0.717) is 24.1 Å². The summed E-state index contributed by atoms with van der Waals surface area (Å²) in [4.78, 5) is 24.0. The van der Waals surface area contributed by atoms with Crippen LogP contribution in [0.25, 0.3) is 11.3 Å². The van der Waals surface area contributed by atoms with Gasteiger partial charge in [-0.2, -0.15) is 15.3 Å². The zero-order chi connectivity index (χ0) is 32.0. The van der Waals surface area contributed by atoms with E-state index in [1.165, 1.54) is 25.1 Å². The van der Waals surface area contributed by atoms with Gasteiger partial charge in [0.05, 0.1) is 28.7 Å². The molecule has 2 aromatic carbocycles. The predicted molar refractivity (Wildman–Crippen MR) is 182 cm³/mol. The minimum Gasteiger partial charge on any atom is -0.507 e. The van der Waals surface area contributed by atoms with E-state index in [1.54, 1.807) is 18.3 Å². The first-order valence-corrected chi connectivity index (χ1v) is 17.1. The van der Waals surface area contributed by atoms with E-state index in [0.717, 1.165) is 69.7 Å². The quantitative estimate of drug-likeness (QED) is 0.325. The van der Waals surface area contributed by atoms with E-state index >= 15 is 0 Å². The van der Waals surface area contributed by atoms with Crippen molar-refractivity contribution in [1.29, 1.82) is 0 Å². The summed E-state index contributed by atoms with van der Waals surface area (Å²) in [5.74, 6) is 1.19. The van der Waals surface area contributed by atoms with Crippen LogP contribution in [0, 0.1) is 11.3 Å². The molecule has 4 aromatic rings. The maximum atomic E-state index is 14.4. The second-order valence-corrected chi connectivity index (χ2v) is 14.3. The van der Waals surface area contributed by atoms with Crippen molar-refractivity contribution < 1.29 is 9.90 Å². The van der Waals surface area contributed by atoms with Crippen LogP contribution in [0.5, 0.6) is 5.75 Å². The number of aromatic hydroxyl groups is 1. The fourth-order valence-corrected chi connectivity index (χ4v) is 8.74. The Morgan fingerprint density at radius 1 is 0.872 bits per heavy atom.